The van der Waals surface area contributed by atoms with Crippen molar-refractivity contribution in [2.45, 2.75) is 33.2 Å². The molecule has 1 unspecified atom stereocenters. The second kappa shape index (κ2) is 8.06. The molecule has 0 aliphatic carbocycles. The first-order chi connectivity index (χ1) is 11.0. The predicted molar refractivity (Wildman–Crippen MR) is 94.6 cm³/mol. The summed E-state index contributed by atoms with van der Waals surface area (Å²) in [5.41, 5.74) is 2.64. The van der Waals surface area contributed by atoms with Crippen LogP contribution in [-0.4, -0.2) is 24.5 Å². The van der Waals surface area contributed by atoms with Crippen molar-refractivity contribution in [2.24, 2.45) is 4.99 Å². The molecule has 2 aromatic rings. The Hall–Kier alpha value is -1.95. The maximum atomic E-state index is 13.7. The maximum Gasteiger partial charge on any atom is 0.191 e. The summed E-state index contributed by atoms with van der Waals surface area (Å²) in [5, 5.41) is 9.69. The van der Waals surface area contributed by atoms with E-state index < -0.39 is 0 Å². The Bertz CT molecular complexity index is 681. The standard InChI is InChI=1S/C17H23FN4S/c1-11-5-6-14(9-16(11)18)12(2)21-17(19-4)20-8-7-15-10-23-13(3)22-15/h5-6,9-10,12H,7-8H2,1-4H3,(H2,19,20,21). The lowest BCUT2D eigenvalue weighted by molar-refractivity contribution is 0.607. The smallest absolute Gasteiger partial charge is 0.191 e. The van der Waals surface area contributed by atoms with E-state index >= 15 is 0 Å². The van der Waals surface area contributed by atoms with Crippen molar-refractivity contribution in [2.75, 3.05) is 13.6 Å². The molecule has 1 atom stereocenters. The zero-order valence-corrected chi connectivity index (χ0v) is 14.8. The van der Waals surface area contributed by atoms with Crippen LogP contribution < -0.4 is 10.6 Å². The summed E-state index contributed by atoms with van der Waals surface area (Å²) in [6.45, 7) is 6.50. The fourth-order valence-electron chi connectivity index (χ4n) is 2.19. The number of guanidine groups is 1. The monoisotopic (exact) mass is 334 g/mol. The van der Waals surface area contributed by atoms with Gasteiger partial charge in [-0.05, 0) is 38.0 Å². The van der Waals surface area contributed by atoms with Crippen molar-refractivity contribution in [3.05, 3.63) is 51.2 Å². The Balaban J connectivity index is 1.87. The van der Waals surface area contributed by atoms with E-state index in [-0.39, 0.29) is 11.9 Å². The molecule has 23 heavy (non-hydrogen) atoms. The molecule has 6 heteroatoms. The van der Waals surface area contributed by atoms with Gasteiger partial charge in [-0.25, -0.2) is 9.37 Å². The molecule has 1 heterocycles. The molecule has 0 fully saturated rings. The van der Waals surface area contributed by atoms with Crippen LogP contribution in [0.1, 0.15) is 34.8 Å². The first kappa shape index (κ1) is 17.4. The number of halogens is 1. The van der Waals surface area contributed by atoms with Crippen LogP contribution in [-0.2, 0) is 6.42 Å². The molecule has 0 aliphatic heterocycles. The fourth-order valence-corrected chi connectivity index (χ4v) is 2.84. The van der Waals surface area contributed by atoms with Crippen LogP contribution in [0.25, 0.3) is 0 Å². The van der Waals surface area contributed by atoms with Crippen LogP contribution in [0, 0.1) is 19.7 Å². The molecule has 0 saturated heterocycles. The van der Waals surface area contributed by atoms with Gasteiger partial charge in [-0.15, -0.1) is 11.3 Å². The second-order valence-electron chi connectivity index (χ2n) is 5.48. The second-order valence-corrected chi connectivity index (χ2v) is 6.54. The van der Waals surface area contributed by atoms with Gasteiger partial charge < -0.3 is 10.6 Å². The molecular weight excluding hydrogens is 311 g/mol. The average Bonchev–Trinajstić information content (AvgIpc) is 2.94. The van der Waals surface area contributed by atoms with Gasteiger partial charge in [0.1, 0.15) is 5.82 Å². The van der Waals surface area contributed by atoms with Crippen LogP contribution in [0.4, 0.5) is 4.39 Å². The Labute approximate surface area is 140 Å². The van der Waals surface area contributed by atoms with Crippen LogP contribution in [0.5, 0.6) is 0 Å². The maximum absolute atomic E-state index is 13.7. The third-order valence-electron chi connectivity index (χ3n) is 3.61. The molecule has 2 rings (SSSR count). The Morgan fingerprint density at radius 1 is 1.39 bits per heavy atom. The van der Waals surface area contributed by atoms with Gasteiger partial charge in [0.15, 0.2) is 5.96 Å². The van der Waals surface area contributed by atoms with Crippen LogP contribution >= 0.6 is 11.3 Å². The fraction of sp³-hybridized carbons (Fsp3) is 0.412. The number of thiazole rings is 1. The van der Waals surface area contributed by atoms with Crippen molar-refractivity contribution in [3.63, 3.8) is 0 Å². The number of benzene rings is 1. The van der Waals surface area contributed by atoms with E-state index in [1.165, 1.54) is 0 Å². The molecule has 1 aromatic carbocycles. The molecule has 0 aliphatic rings. The summed E-state index contributed by atoms with van der Waals surface area (Å²) in [5.74, 6) is 0.517. The number of aromatic nitrogens is 1. The van der Waals surface area contributed by atoms with Gasteiger partial charge in [0.25, 0.3) is 0 Å². The minimum atomic E-state index is -0.182. The topological polar surface area (TPSA) is 49.3 Å². The predicted octanol–water partition coefficient (Wildman–Crippen LogP) is 3.37. The minimum absolute atomic E-state index is 0.0298. The van der Waals surface area contributed by atoms with Gasteiger partial charge in [-0.2, -0.15) is 0 Å². The Morgan fingerprint density at radius 3 is 2.78 bits per heavy atom. The number of aryl methyl sites for hydroxylation is 2. The highest BCUT2D eigenvalue weighted by Gasteiger charge is 2.09. The zero-order chi connectivity index (χ0) is 16.8. The van der Waals surface area contributed by atoms with Crippen molar-refractivity contribution in [1.82, 2.24) is 15.6 Å². The van der Waals surface area contributed by atoms with E-state index in [1.54, 1.807) is 37.4 Å². The van der Waals surface area contributed by atoms with Crippen molar-refractivity contribution >= 4 is 17.3 Å². The largest absolute Gasteiger partial charge is 0.356 e. The molecule has 0 radical (unpaired) electrons. The number of rotatable bonds is 5. The van der Waals surface area contributed by atoms with Crippen LogP contribution in [0.15, 0.2) is 28.6 Å². The summed E-state index contributed by atoms with van der Waals surface area (Å²) >= 11 is 1.66. The average molecular weight is 334 g/mol. The summed E-state index contributed by atoms with van der Waals surface area (Å²) in [6, 6.07) is 5.27. The number of aliphatic imine (C=N–C) groups is 1. The quantitative estimate of drug-likeness (QED) is 0.651. The van der Waals surface area contributed by atoms with Gasteiger partial charge in [0.2, 0.25) is 0 Å². The van der Waals surface area contributed by atoms with Crippen molar-refractivity contribution in [3.8, 4) is 0 Å². The Morgan fingerprint density at radius 2 is 2.17 bits per heavy atom. The lowest BCUT2D eigenvalue weighted by Gasteiger charge is -2.18. The van der Waals surface area contributed by atoms with Gasteiger partial charge in [0, 0.05) is 25.4 Å². The highest BCUT2D eigenvalue weighted by molar-refractivity contribution is 7.09. The normalized spacial score (nSPS) is 13.0. The summed E-state index contributed by atoms with van der Waals surface area (Å²) in [6.07, 6.45) is 0.846. The first-order valence-corrected chi connectivity index (χ1v) is 8.52. The van der Waals surface area contributed by atoms with Crippen molar-refractivity contribution < 1.29 is 4.39 Å². The summed E-state index contributed by atoms with van der Waals surface area (Å²) < 4.78 is 13.7. The van der Waals surface area contributed by atoms with Crippen LogP contribution in [0.2, 0.25) is 0 Å². The van der Waals surface area contributed by atoms with Gasteiger partial charge in [0.05, 0.1) is 16.7 Å². The third-order valence-corrected chi connectivity index (χ3v) is 4.44. The number of hydrogen-bond acceptors (Lipinski definition) is 3. The van der Waals surface area contributed by atoms with E-state index in [0.29, 0.717) is 11.5 Å². The highest BCUT2D eigenvalue weighted by Crippen LogP contribution is 2.16. The summed E-state index contributed by atoms with van der Waals surface area (Å²) in [7, 11) is 1.73. The molecular formula is C17H23FN4S. The molecule has 0 amide bonds. The molecule has 4 nitrogen and oxygen atoms in total. The van der Waals surface area contributed by atoms with E-state index in [2.05, 4.69) is 26.0 Å². The van der Waals surface area contributed by atoms with Gasteiger partial charge >= 0.3 is 0 Å². The van der Waals surface area contributed by atoms with Gasteiger partial charge in [-0.3, -0.25) is 4.99 Å². The van der Waals surface area contributed by atoms with Crippen LogP contribution in [0.3, 0.4) is 0 Å². The lowest BCUT2D eigenvalue weighted by Crippen LogP contribution is -2.39. The third kappa shape index (κ3) is 5.03. The molecule has 0 saturated carbocycles. The highest BCUT2D eigenvalue weighted by atomic mass is 32.1. The van der Waals surface area contributed by atoms with E-state index in [0.717, 1.165) is 29.2 Å². The van der Waals surface area contributed by atoms with Crippen molar-refractivity contribution in [1.29, 1.82) is 0 Å². The molecule has 2 N–H and O–H groups in total. The molecule has 124 valence electrons. The molecule has 0 bridgehead atoms. The summed E-state index contributed by atoms with van der Waals surface area (Å²) in [4.78, 5) is 8.65. The first-order valence-electron chi connectivity index (χ1n) is 7.64. The van der Waals surface area contributed by atoms with Gasteiger partial charge in [-0.1, -0.05) is 12.1 Å². The molecule has 1 aromatic heterocycles. The minimum Gasteiger partial charge on any atom is -0.356 e. The number of nitrogens with one attached hydrogen (secondary N) is 2. The molecule has 0 spiro atoms. The Kier molecular flexibility index (Phi) is 6.10. The number of nitrogens with zero attached hydrogens (tertiary/aromatic N) is 2. The van der Waals surface area contributed by atoms with E-state index in [1.807, 2.05) is 19.9 Å². The SMILES string of the molecule is CN=C(NCCc1csc(C)n1)NC(C)c1ccc(C)c(F)c1. The van der Waals surface area contributed by atoms with E-state index in [4.69, 9.17) is 0 Å². The number of hydrogen-bond donors (Lipinski definition) is 2. The van der Waals surface area contributed by atoms with E-state index in [9.17, 15) is 4.39 Å². The lowest BCUT2D eigenvalue weighted by atomic mass is 10.1. The zero-order valence-electron chi connectivity index (χ0n) is 14.0.